The molecule has 0 atom stereocenters. The Hall–Kier alpha value is -1.69. The van der Waals surface area contributed by atoms with Gasteiger partial charge in [0.1, 0.15) is 5.01 Å². The van der Waals surface area contributed by atoms with Gasteiger partial charge in [0.15, 0.2) is 5.69 Å². The number of thiazole rings is 1. The number of rotatable bonds is 2. The number of carbonyl (C=O) groups is 1. The number of esters is 1. The molecule has 0 aliphatic rings. The standard InChI is InChI=1S/C9H9N3O2S/c1-12-4-6(3-10-12)8-11-7(5-15-8)9(13)14-2/h3-5H,1-2H3. The van der Waals surface area contributed by atoms with Crippen molar-refractivity contribution in [3.8, 4) is 10.6 Å². The van der Waals surface area contributed by atoms with Crippen LogP contribution in [-0.2, 0) is 11.8 Å². The Bertz CT molecular complexity index is 489. The monoisotopic (exact) mass is 223 g/mol. The van der Waals surface area contributed by atoms with Crippen LogP contribution in [0.5, 0.6) is 0 Å². The van der Waals surface area contributed by atoms with E-state index in [0.29, 0.717) is 5.69 Å². The zero-order valence-corrected chi connectivity index (χ0v) is 9.11. The van der Waals surface area contributed by atoms with E-state index in [1.807, 2.05) is 13.2 Å². The number of nitrogens with zero attached hydrogens (tertiary/aromatic N) is 3. The molecule has 78 valence electrons. The maximum Gasteiger partial charge on any atom is 0.357 e. The molecule has 0 aliphatic carbocycles. The van der Waals surface area contributed by atoms with Crippen LogP contribution in [0.2, 0.25) is 0 Å². The average Bonchev–Trinajstić information content (AvgIpc) is 2.84. The highest BCUT2D eigenvalue weighted by molar-refractivity contribution is 7.13. The Morgan fingerprint density at radius 2 is 2.40 bits per heavy atom. The molecule has 0 unspecified atom stereocenters. The maximum atomic E-state index is 11.2. The highest BCUT2D eigenvalue weighted by Crippen LogP contribution is 2.22. The van der Waals surface area contributed by atoms with Gasteiger partial charge < -0.3 is 4.74 Å². The van der Waals surface area contributed by atoms with Crippen molar-refractivity contribution in [1.29, 1.82) is 0 Å². The zero-order chi connectivity index (χ0) is 10.8. The predicted molar refractivity (Wildman–Crippen MR) is 55.7 cm³/mol. The van der Waals surface area contributed by atoms with Crippen LogP contribution in [0.25, 0.3) is 10.6 Å². The largest absolute Gasteiger partial charge is 0.464 e. The fourth-order valence-electron chi connectivity index (χ4n) is 1.14. The van der Waals surface area contributed by atoms with E-state index in [1.54, 1.807) is 16.3 Å². The van der Waals surface area contributed by atoms with Gasteiger partial charge in [-0.2, -0.15) is 5.10 Å². The quantitative estimate of drug-likeness (QED) is 0.721. The number of aryl methyl sites for hydroxylation is 1. The van der Waals surface area contributed by atoms with Crippen LogP contribution in [0.15, 0.2) is 17.8 Å². The minimum atomic E-state index is -0.415. The number of ether oxygens (including phenoxy) is 1. The lowest BCUT2D eigenvalue weighted by molar-refractivity contribution is 0.0595. The van der Waals surface area contributed by atoms with E-state index in [1.165, 1.54) is 18.4 Å². The normalized spacial score (nSPS) is 10.3. The van der Waals surface area contributed by atoms with Crippen molar-refractivity contribution in [3.63, 3.8) is 0 Å². The fourth-order valence-corrected chi connectivity index (χ4v) is 1.90. The highest BCUT2D eigenvalue weighted by Gasteiger charge is 2.12. The molecule has 0 N–H and O–H groups in total. The van der Waals surface area contributed by atoms with Gasteiger partial charge in [-0.15, -0.1) is 11.3 Å². The van der Waals surface area contributed by atoms with E-state index in [-0.39, 0.29) is 0 Å². The van der Waals surface area contributed by atoms with Gasteiger partial charge in [-0.05, 0) is 0 Å². The van der Waals surface area contributed by atoms with Gasteiger partial charge in [-0.1, -0.05) is 0 Å². The molecule has 15 heavy (non-hydrogen) atoms. The Kier molecular flexibility index (Phi) is 2.51. The molecule has 5 nitrogen and oxygen atoms in total. The molecule has 0 aliphatic heterocycles. The molecule has 0 saturated heterocycles. The molecule has 0 aromatic carbocycles. The van der Waals surface area contributed by atoms with Crippen LogP contribution in [0.4, 0.5) is 0 Å². The lowest BCUT2D eigenvalue weighted by Crippen LogP contribution is -2.00. The number of aromatic nitrogens is 3. The van der Waals surface area contributed by atoms with E-state index in [0.717, 1.165) is 10.6 Å². The summed E-state index contributed by atoms with van der Waals surface area (Å²) in [4.78, 5) is 15.3. The molecule has 2 aromatic heterocycles. The molecular formula is C9H9N3O2S. The number of carbonyl (C=O) groups excluding carboxylic acids is 1. The fraction of sp³-hybridized carbons (Fsp3) is 0.222. The molecule has 0 saturated carbocycles. The van der Waals surface area contributed by atoms with E-state index in [9.17, 15) is 4.79 Å². The van der Waals surface area contributed by atoms with Gasteiger partial charge in [0.05, 0.1) is 13.3 Å². The number of hydrogen-bond acceptors (Lipinski definition) is 5. The topological polar surface area (TPSA) is 57.0 Å². The minimum Gasteiger partial charge on any atom is -0.464 e. The Labute approximate surface area is 90.3 Å². The predicted octanol–water partition coefficient (Wildman–Crippen LogP) is 1.33. The SMILES string of the molecule is COC(=O)c1csc(-c2cnn(C)c2)n1. The summed E-state index contributed by atoms with van der Waals surface area (Å²) in [5, 5.41) is 6.48. The molecule has 0 bridgehead atoms. The van der Waals surface area contributed by atoms with E-state index in [2.05, 4.69) is 14.8 Å². The second kappa shape index (κ2) is 3.82. The van der Waals surface area contributed by atoms with Crippen LogP contribution in [0, 0.1) is 0 Å². The van der Waals surface area contributed by atoms with Crippen molar-refractivity contribution < 1.29 is 9.53 Å². The molecular weight excluding hydrogens is 214 g/mol. The molecule has 2 rings (SSSR count). The molecule has 0 fully saturated rings. The van der Waals surface area contributed by atoms with Crippen molar-refractivity contribution >= 4 is 17.3 Å². The maximum absolute atomic E-state index is 11.2. The van der Waals surface area contributed by atoms with Gasteiger partial charge in [0, 0.05) is 24.2 Å². The zero-order valence-electron chi connectivity index (χ0n) is 8.30. The Morgan fingerprint density at radius 3 is 3.00 bits per heavy atom. The van der Waals surface area contributed by atoms with Crippen molar-refractivity contribution in [1.82, 2.24) is 14.8 Å². The first-order valence-electron chi connectivity index (χ1n) is 4.23. The van der Waals surface area contributed by atoms with Crippen molar-refractivity contribution in [3.05, 3.63) is 23.5 Å². The molecule has 0 radical (unpaired) electrons. The van der Waals surface area contributed by atoms with Gasteiger partial charge in [0.25, 0.3) is 0 Å². The van der Waals surface area contributed by atoms with Gasteiger partial charge in [-0.3, -0.25) is 4.68 Å². The molecule has 6 heteroatoms. The summed E-state index contributed by atoms with van der Waals surface area (Å²) in [5.74, 6) is -0.415. The van der Waals surface area contributed by atoms with E-state index >= 15 is 0 Å². The molecule has 0 amide bonds. The summed E-state index contributed by atoms with van der Waals surface area (Å²) in [6.45, 7) is 0. The summed E-state index contributed by atoms with van der Waals surface area (Å²) in [7, 11) is 3.17. The van der Waals surface area contributed by atoms with Gasteiger partial charge in [-0.25, -0.2) is 9.78 Å². The van der Waals surface area contributed by atoms with Crippen LogP contribution >= 0.6 is 11.3 Å². The van der Waals surface area contributed by atoms with Gasteiger partial charge >= 0.3 is 5.97 Å². The third-order valence-corrected chi connectivity index (χ3v) is 2.74. The summed E-state index contributed by atoms with van der Waals surface area (Å²) in [6.07, 6.45) is 3.56. The second-order valence-corrected chi connectivity index (χ2v) is 3.79. The Balaban J connectivity index is 2.31. The van der Waals surface area contributed by atoms with Crippen LogP contribution < -0.4 is 0 Å². The number of hydrogen-bond donors (Lipinski definition) is 0. The van der Waals surface area contributed by atoms with E-state index in [4.69, 9.17) is 0 Å². The molecule has 0 spiro atoms. The third-order valence-electron chi connectivity index (χ3n) is 1.85. The van der Waals surface area contributed by atoms with Crippen molar-refractivity contribution in [2.24, 2.45) is 7.05 Å². The van der Waals surface area contributed by atoms with E-state index < -0.39 is 5.97 Å². The summed E-state index contributed by atoms with van der Waals surface area (Å²) in [5.41, 5.74) is 1.24. The van der Waals surface area contributed by atoms with Gasteiger partial charge in [0.2, 0.25) is 0 Å². The van der Waals surface area contributed by atoms with Crippen molar-refractivity contribution in [2.45, 2.75) is 0 Å². The minimum absolute atomic E-state index is 0.335. The summed E-state index contributed by atoms with van der Waals surface area (Å²) < 4.78 is 6.26. The second-order valence-electron chi connectivity index (χ2n) is 2.93. The van der Waals surface area contributed by atoms with Crippen molar-refractivity contribution in [2.75, 3.05) is 7.11 Å². The first kappa shape index (κ1) is 9.85. The number of methoxy groups -OCH3 is 1. The van der Waals surface area contributed by atoms with Crippen LogP contribution in [0.1, 0.15) is 10.5 Å². The average molecular weight is 223 g/mol. The first-order chi connectivity index (χ1) is 7.20. The lowest BCUT2D eigenvalue weighted by atomic mass is 10.4. The lowest BCUT2D eigenvalue weighted by Gasteiger charge is -1.91. The summed E-state index contributed by atoms with van der Waals surface area (Å²) >= 11 is 1.39. The third kappa shape index (κ3) is 1.89. The molecule has 2 heterocycles. The Morgan fingerprint density at radius 1 is 1.60 bits per heavy atom. The summed E-state index contributed by atoms with van der Waals surface area (Å²) in [6, 6.07) is 0. The highest BCUT2D eigenvalue weighted by atomic mass is 32.1. The molecule has 2 aromatic rings. The first-order valence-corrected chi connectivity index (χ1v) is 5.11. The van der Waals surface area contributed by atoms with Crippen LogP contribution in [0.3, 0.4) is 0 Å². The smallest absolute Gasteiger partial charge is 0.357 e. The van der Waals surface area contributed by atoms with Crippen LogP contribution in [-0.4, -0.2) is 27.8 Å².